The van der Waals surface area contributed by atoms with Crippen LogP contribution in [0.3, 0.4) is 0 Å². The van der Waals surface area contributed by atoms with Crippen molar-refractivity contribution in [1.82, 2.24) is 0 Å². The van der Waals surface area contributed by atoms with Gasteiger partial charge in [0.1, 0.15) is 11.5 Å². The van der Waals surface area contributed by atoms with Crippen LogP contribution >= 0.6 is 11.6 Å². The molecule has 0 aromatic heterocycles. The van der Waals surface area contributed by atoms with Crippen molar-refractivity contribution in [1.29, 1.82) is 0 Å². The Kier molecular flexibility index (Phi) is 6.50. The smallest absolute Gasteiger partial charge is 0.337 e. The molecule has 0 saturated carbocycles. The second kappa shape index (κ2) is 7.89. The van der Waals surface area contributed by atoms with Crippen LogP contribution in [0.5, 0.6) is 11.5 Å². The SMILES string of the molecule is CCCCCOc1cc(OCC)c(Cl)c(C(=O)O)c1. The minimum Gasteiger partial charge on any atom is -0.493 e. The summed E-state index contributed by atoms with van der Waals surface area (Å²) < 4.78 is 10.9. The number of unbranched alkanes of at least 4 members (excludes halogenated alkanes) is 2. The largest absolute Gasteiger partial charge is 0.493 e. The van der Waals surface area contributed by atoms with Crippen LogP contribution in [0.25, 0.3) is 0 Å². The predicted octanol–water partition coefficient (Wildman–Crippen LogP) is 4.01. The Morgan fingerprint density at radius 2 is 2.00 bits per heavy atom. The lowest BCUT2D eigenvalue weighted by atomic mass is 10.2. The molecule has 4 nitrogen and oxygen atoms in total. The van der Waals surface area contributed by atoms with E-state index in [4.69, 9.17) is 26.2 Å². The summed E-state index contributed by atoms with van der Waals surface area (Å²) in [6, 6.07) is 3.06. The number of ether oxygens (including phenoxy) is 2. The molecule has 0 aliphatic heterocycles. The molecule has 5 heteroatoms. The summed E-state index contributed by atoms with van der Waals surface area (Å²) in [4.78, 5) is 11.1. The number of carboxylic acid groups (broad SMARTS) is 1. The lowest BCUT2D eigenvalue weighted by molar-refractivity contribution is 0.0696. The van der Waals surface area contributed by atoms with Gasteiger partial charge in [-0.05, 0) is 19.4 Å². The van der Waals surface area contributed by atoms with Gasteiger partial charge in [0, 0.05) is 6.07 Å². The molecule has 0 fully saturated rings. The van der Waals surface area contributed by atoms with Gasteiger partial charge in [-0.25, -0.2) is 4.79 Å². The first-order chi connectivity index (χ1) is 9.10. The maximum Gasteiger partial charge on any atom is 0.337 e. The van der Waals surface area contributed by atoms with Crippen molar-refractivity contribution in [2.75, 3.05) is 13.2 Å². The molecule has 0 saturated heterocycles. The highest BCUT2D eigenvalue weighted by Crippen LogP contribution is 2.33. The highest BCUT2D eigenvalue weighted by atomic mass is 35.5. The molecule has 0 aliphatic rings. The van der Waals surface area contributed by atoms with E-state index in [1.807, 2.05) is 6.92 Å². The highest BCUT2D eigenvalue weighted by molar-refractivity contribution is 6.35. The monoisotopic (exact) mass is 286 g/mol. The molecule has 19 heavy (non-hydrogen) atoms. The zero-order valence-corrected chi connectivity index (χ0v) is 12.0. The Hall–Kier alpha value is -1.42. The van der Waals surface area contributed by atoms with Gasteiger partial charge in [-0.1, -0.05) is 31.4 Å². The fraction of sp³-hybridized carbons (Fsp3) is 0.500. The van der Waals surface area contributed by atoms with E-state index in [-0.39, 0.29) is 10.6 Å². The van der Waals surface area contributed by atoms with Crippen molar-refractivity contribution in [3.63, 3.8) is 0 Å². The van der Waals surface area contributed by atoms with Crippen molar-refractivity contribution < 1.29 is 19.4 Å². The average Bonchev–Trinajstić information content (AvgIpc) is 2.38. The van der Waals surface area contributed by atoms with Crippen molar-refractivity contribution in [2.24, 2.45) is 0 Å². The summed E-state index contributed by atoms with van der Waals surface area (Å²) in [6.07, 6.45) is 3.12. The van der Waals surface area contributed by atoms with E-state index in [9.17, 15) is 4.79 Å². The number of halogens is 1. The predicted molar refractivity (Wildman–Crippen MR) is 74.6 cm³/mol. The van der Waals surface area contributed by atoms with Crippen LogP contribution in [0.15, 0.2) is 12.1 Å². The van der Waals surface area contributed by atoms with Crippen molar-refractivity contribution in [3.05, 3.63) is 22.7 Å². The van der Waals surface area contributed by atoms with E-state index in [0.717, 1.165) is 19.3 Å². The standard InChI is InChI=1S/C14H19ClO4/c1-3-5-6-7-19-10-8-11(14(16)17)13(15)12(9-10)18-4-2/h8-9H,3-7H2,1-2H3,(H,16,17). The molecular formula is C14H19ClO4. The summed E-state index contributed by atoms with van der Waals surface area (Å²) in [5, 5.41) is 9.20. The molecule has 0 amide bonds. The van der Waals surface area contributed by atoms with Crippen LogP contribution in [0.4, 0.5) is 0 Å². The number of hydrogen-bond acceptors (Lipinski definition) is 3. The third kappa shape index (κ3) is 4.63. The third-order valence-electron chi connectivity index (χ3n) is 2.56. The van der Waals surface area contributed by atoms with Crippen LogP contribution < -0.4 is 9.47 Å². The third-order valence-corrected chi connectivity index (χ3v) is 2.95. The Bertz CT molecular complexity index is 432. The van der Waals surface area contributed by atoms with Crippen molar-refractivity contribution in [2.45, 2.75) is 33.1 Å². The molecule has 0 aliphatic carbocycles. The first kappa shape index (κ1) is 15.6. The number of aromatic carboxylic acids is 1. The van der Waals surface area contributed by atoms with E-state index >= 15 is 0 Å². The molecule has 0 heterocycles. The first-order valence-corrected chi connectivity index (χ1v) is 6.80. The Morgan fingerprint density at radius 3 is 2.58 bits per heavy atom. The van der Waals surface area contributed by atoms with Crippen LogP contribution in [-0.4, -0.2) is 24.3 Å². The number of carbonyl (C=O) groups is 1. The lowest BCUT2D eigenvalue weighted by Gasteiger charge is -2.12. The molecule has 106 valence electrons. The summed E-state index contributed by atoms with van der Waals surface area (Å²) in [5.74, 6) is -0.277. The van der Waals surface area contributed by atoms with Crippen LogP contribution in [0, 0.1) is 0 Å². The first-order valence-electron chi connectivity index (χ1n) is 6.42. The summed E-state index contributed by atoms with van der Waals surface area (Å²) in [7, 11) is 0. The topological polar surface area (TPSA) is 55.8 Å². The minimum absolute atomic E-state index is 0.00175. The molecule has 0 bridgehead atoms. The van der Waals surface area contributed by atoms with E-state index in [2.05, 4.69) is 6.92 Å². The molecule has 1 N–H and O–H groups in total. The normalized spacial score (nSPS) is 10.3. The average molecular weight is 287 g/mol. The summed E-state index contributed by atoms with van der Waals surface area (Å²) in [5.41, 5.74) is -0.00175. The molecule has 0 radical (unpaired) electrons. The van der Waals surface area contributed by atoms with Gasteiger partial charge in [0.05, 0.1) is 23.8 Å². The van der Waals surface area contributed by atoms with Gasteiger partial charge in [-0.3, -0.25) is 0 Å². The van der Waals surface area contributed by atoms with Gasteiger partial charge < -0.3 is 14.6 Å². The van der Waals surface area contributed by atoms with Gasteiger partial charge >= 0.3 is 5.97 Å². The second-order valence-electron chi connectivity index (χ2n) is 4.08. The zero-order valence-electron chi connectivity index (χ0n) is 11.2. The van der Waals surface area contributed by atoms with E-state index in [0.29, 0.717) is 24.7 Å². The van der Waals surface area contributed by atoms with Gasteiger partial charge in [0.25, 0.3) is 0 Å². The Balaban J connectivity index is 2.88. The Morgan fingerprint density at radius 1 is 1.26 bits per heavy atom. The van der Waals surface area contributed by atoms with E-state index < -0.39 is 5.97 Å². The lowest BCUT2D eigenvalue weighted by Crippen LogP contribution is -2.04. The molecule has 0 atom stereocenters. The molecule has 1 rings (SSSR count). The van der Waals surface area contributed by atoms with E-state index in [1.165, 1.54) is 6.07 Å². The van der Waals surface area contributed by atoms with Crippen molar-refractivity contribution >= 4 is 17.6 Å². The minimum atomic E-state index is -1.09. The molecule has 0 unspecified atom stereocenters. The molecule has 1 aromatic carbocycles. The molecular weight excluding hydrogens is 268 g/mol. The fourth-order valence-electron chi connectivity index (χ4n) is 1.61. The molecule has 0 spiro atoms. The van der Waals surface area contributed by atoms with Gasteiger partial charge in [0.2, 0.25) is 0 Å². The summed E-state index contributed by atoms with van der Waals surface area (Å²) in [6.45, 7) is 4.89. The van der Waals surface area contributed by atoms with Crippen LogP contribution in [0.2, 0.25) is 5.02 Å². The Labute approximate surface area is 118 Å². The van der Waals surface area contributed by atoms with Gasteiger partial charge in [0.15, 0.2) is 0 Å². The number of rotatable bonds is 8. The van der Waals surface area contributed by atoms with Gasteiger partial charge in [-0.2, -0.15) is 0 Å². The number of hydrogen-bond donors (Lipinski definition) is 1. The number of benzene rings is 1. The number of carboxylic acids is 1. The fourth-order valence-corrected chi connectivity index (χ4v) is 1.86. The maximum absolute atomic E-state index is 11.1. The highest BCUT2D eigenvalue weighted by Gasteiger charge is 2.16. The second-order valence-corrected chi connectivity index (χ2v) is 4.45. The summed E-state index contributed by atoms with van der Waals surface area (Å²) >= 11 is 5.98. The maximum atomic E-state index is 11.1. The van der Waals surface area contributed by atoms with E-state index in [1.54, 1.807) is 6.07 Å². The molecule has 1 aromatic rings. The van der Waals surface area contributed by atoms with Crippen molar-refractivity contribution in [3.8, 4) is 11.5 Å². The van der Waals surface area contributed by atoms with Crippen LogP contribution in [-0.2, 0) is 0 Å². The van der Waals surface area contributed by atoms with Gasteiger partial charge in [-0.15, -0.1) is 0 Å². The van der Waals surface area contributed by atoms with Crippen LogP contribution in [0.1, 0.15) is 43.5 Å². The quantitative estimate of drug-likeness (QED) is 0.734. The zero-order chi connectivity index (χ0) is 14.3.